The highest BCUT2D eigenvalue weighted by Gasteiger charge is 2.09. The van der Waals surface area contributed by atoms with Gasteiger partial charge in [0.25, 0.3) is 0 Å². The van der Waals surface area contributed by atoms with Crippen LogP contribution in [0.3, 0.4) is 0 Å². The minimum atomic E-state index is -1.02. The van der Waals surface area contributed by atoms with E-state index in [1.807, 2.05) is 48.5 Å². The van der Waals surface area contributed by atoms with Crippen LogP contribution in [0, 0.1) is 0 Å². The van der Waals surface area contributed by atoms with Gasteiger partial charge in [0.2, 0.25) is 0 Å². The summed E-state index contributed by atoms with van der Waals surface area (Å²) in [5, 5.41) is 11.7. The third-order valence-corrected chi connectivity index (χ3v) is 4.96. The number of carbonyl (C=O) groups is 1. The van der Waals surface area contributed by atoms with Crippen LogP contribution in [-0.2, 0) is 4.79 Å². The predicted molar refractivity (Wildman–Crippen MR) is 99.3 cm³/mol. The molecule has 3 rings (SSSR count). The Balaban J connectivity index is 1.92. The smallest absolute Gasteiger partial charge is 0.120 e. The third kappa shape index (κ3) is 4.45. The van der Waals surface area contributed by atoms with Gasteiger partial charge in [-0.15, -0.1) is 11.3 Å². The largest absolute Gasteiger partial charge is 0.550 e. The fourth-order valence-electron chi connectivity index (χ4n) is 2.57. The maximum Gasteiger partial charge on any atom is 0.120 e. The van der Waals surface area contributed by atoms with E-state index in [9.17, 15) is 9.90 Å². The van der Waals surface area contributed by atoms with Gasteiger partial charge in [0.05, 0.1) is 17.3 Å². The van der Waals surface area contributed by atoms with Gasteiger partial charge in [0.15, 0.2) is 0 Å². The van der Waals surface area contributed by atoms with Gasteiger partial charge >= 0.3 is 0 Å². The van der Waals surface area contributed by atoms with E-state index in [0.29, 0.717) is 12.8 Å². The molecule has 128 valence electrons. The first kappa shape index (κ1) is 17.2. The summed E-state index contributed by atoms with van der Waals surface area (Å²) in [6, 6.07) is 15.8. The number of thiazole rings is 1. The zero-order chi connectivity index (χ0) is 17.6. The van der Waals surface area contributed by atoms with Crippen molar-refractivity contribution < 1.29 is 14.6 Å². The highest BCUT2D eigenvalue weighted by molar-refractivity contribution is 7.19. The molecular formula is C20H18NO3S-. The van der Waals surface area contributed by atoms with Crippen molar-refractivity contribution in [3.63, 3.8) is 0 Å². The Labute approximate surface area is 150 Å². The molecule has 2 aromatic carbocycles. The van der Waals surface area contributed by atoms with Crippen molar-refractivity contribution in [2.24, 2.45) is 0 Å². The molecule has 0 spiro atoms. The van der Waals surface area contributed by atoms with Crippen molar-refractivity contribution in [2.75, 3.05) is 7.11 Å². The molecule has 0 bridgehead atoms. The number of carbonyl (C=O) groups excluding carboxylic acids is 1. The van der Waals surface area contributed by atoms with Crippen LogP contribution in [0.15, 0.2) is 48.5 Å². The number of aromatic nitrogens is 1. The monoisotopic (exact) mass is 352 g/mol. The number of nitrogens with zero attached hydrogens (tertiary/aromatic N) is 1. The van der Waals surface area contributed by atoms with Crippen LogP contribution in [0.5, 0.6) is 5.75 Å². The van der Waals surface area contributed by atoms with Crippen molar-refractivity contribution in [3.8, 4) is 5.75 Å². The van der Waals surface area contributed by atoms with Gasteiger partial charge in [-0.1, -0.05) is 24.3 Å². The van der Waals surface area contributed by atoms with E-state index in [4.69, 9.17) is 9.72 Å². The van der Waals surface area contributed by atoms with Crippen LogP contribution in [0.25, 0.3) is 21.9 Å². The molecule has 1 heterocycles. The number of rotatable bonds is 7. The Morgan fingerprint density at radius 3 is 2.60 bits per heavy atom. The molecule has 0 saturated heterocycles. The van der Waals surface area contributed by atoms with Gasteiger partial charge in [-0.2, -0.15) is 0 Å². The molecule has 0 saturated carbocycles. The molecule has 0 aliphatic carbocycles. The SMILES string of the molecule is COc1ccc(/C=C(\CCCC(=O)[O-])c2nc3ccccc3s2)cc1. The molecule has 0 amide bonds. The maximum atomic E-state index is 10.7. The molecule has 1 aromatic heterocycles. The van der Waals surface area contributed by atoms with Crippen LogP contribution >= 0.6 is 11.3 Å². The van der Waals surface area contributed by atoms with E-state index in [0.717, 1.165) is 32.1 Å². The molecule has 0 aliphatic rings. The predicted octanol–water partition coefficient (Wildman–Crippen LogP) is 3.77. The molecule has 25 heavy (non-hydrogen) atoms. The molecular weight excluding hydrogens is 334 g/mol. The summed E-state index contributed by atoms with van der Waals surface area (Å²) in [5.41, 5.74) is 3.03. The van der Waals surface area contributed by atoms with E-state index in [1.54, 1.807) is 18.4 Å². The zero-order valence-corrected chi connectivity index (χ0v) is 14.7. The lowest BCUT2D eigenvalue weighted by molar-refractivity contribution is -0.305. The second-order valence-corrected chi connectivity index (χ2v) is 6.69. The minimum absolute atomic E-state index is 0.0465. The Hall–Kier alpha value is -2.66. The van der Waals surface area contributed by atoms with Crippen LogP contribution in [0.4, 0.5) is 0 Å². The number of carboxylic acids is 1. The van der Waals surface area contributed by atoms with Gasteiger partial charge in [-0.05, 0) is 60.7 Å². The van der Waals surface area contributed by atoms with Crippen molar-refractivity contribution in [1.29, 1.82) is 0 Å². The number of hydrogen-bond acceptors (Lipinski definition) is 5. The minimum Gasteiger partial charge on any atom is -0.550 e. The Morgan fingerprint density at radius 2 is 1.92 bits per heavy atom. The van der Waals surface area contributed by atoms with Gasteiger partial charge in [-0.25, -0.2) is 4.98 Å². The van der Waals surface area contributed by atoms with Crippen LogP contribution in [-0.4, -0.2) is 18.1 Å². The lowest BCUT2D eigenvalue weighted by Crippen LogP contribution is -2.21. The molecule has 0 atom stereocenters. The normalized spacial score (nSPS) is 11.6. The van der Waals surface area contributed by atoms with Crippen molar-refractivity contribution >= 4 is 39.2 Å². The van der Waals surface area contributed by atoms with Gasteiger partial charge in [0, 0.05) is 5.97 Å². The average Bonchev–Trinajstić information content (AvgIpc) is 3.05. The summed E-state index contributed by atoms with van der Waals surface area (Å²) < 4.78 is 6.31. The first-order valence-electron chi connectivity index (χ1n) is 8.06. The highest BCUT2D eigenvalue weighted by Crippen LogP contribution is 2.31. The van der Waals surface area contributed by atoms with Crippen LogP contribution in [0.2, 0.25) is 0 Å². The third-order valence-electron chi connectivity index (χ3n) is 3.85. The molecule has 5 heteroatoms. The molecule has 0 fully saturated rings. The second kappa shape index (κ2) is 7.94. The number of ether oxygens (including phenoxy) is 1. The van der Waals surface area contributed by atoms with Crippen LogP contribution < -0.4 is 9.84 Å². The van der Waals surface area contributed by atoms with E-state index in [2.05, 4.69) is 6.08 Å². The summed E-state index contributed by atoms with van der Waals surface area (Å²) >= 11 is 1.62. The van der Waals surface area contributed by atoms with Gasteiger partial charge in [-0.3, -0.25) is 0 Å². The number of fused-ring (bicyclic) bond motifs is 1. The topological polar surface area (TPSA) is 62.2 Å². The molecule has 0 unspecified atom stereocenters. The standard InChI is InChI=1S/C20H19NO3S/c1-24-16-11-9-14(10-12-16)13-15(5-4-8-19(22)23)20-21-17-6-2-3-7-18(17)25-20/h2-3,6-7,9-13H,4-5,8H2,1H3,(H,22,23)/p-1/b15-13+. The van der Waals surface area contributed by atoms with Gasteiger partial charge in [0.1, 0.15) is 10.8 Å². The van der Waals surface area contributed by atoms with Gasteiger partial charge < -0.3 is 14.6 Å². The molecule has 0 radical (unpaired) electrons. The van der Waals surface area contributed by atoms with Crippen molar-refractivity contribution in [2.45, 2.75) is 19.3 Å². The number of para-hydroxylation sites is 1. The number of benzene rings is 2. The lowest BCUT2D eigenvalue weighted by atomic mass is 10.1. The van der Waals surface area contributed by atoms with E-state index in [1.165, 1.54) is 0 Å². The number of hydrogen-bond donors (Lipinski definition) is 0. The Bertz CT molecular complexity index is 864. The summed E-state index contributed by atoms with van der Waals surface area (Å²) in [5.74, 6) is -0.219. The maximum absolute atomic E-state index is 10.7. The summed E-state index contributed by atoms with van der Waals surface area (Å²) in [6.45, 7) is 0. The number of aliphatic carboxylic acids is 1. The molecule has 0 aliphatic heterocycles. The van der Waals surface area contributed by atoms with E-state index >= 15 is 0 Å². The number of allylic oxidation sites excluding steroid dienone is 1. The fraction of sp³-hybridized carbons (Fsp3) is 0.200. The summed E-state index contributed by atoms with van der Waals surface area (Å²) in [4.78, 5) is 15.4. The highest BCUT2D eigenvalue weighted by atomic mass is 32.1. The number of methoxy groups -OCH3 is 1. The fourth-order valence-corrected chi connectivity index (χ4v) is 3.58. The second-order valence-electron chi connectivity index (χ2n) is 5.66. The van der Waals surface area contributed by atoms with Crippen LogP contribution in [0.1, 0.15) is 29.8 Å². The quantitative estimate of drug-likeness (QED) is 0.649. The van der Waals surface area contributed by atoms with Crippen molar-refractivity contribution in [1.82, 2.24) is 4.98 Å². The first-order chi connectivity index (χ1) is 12.2. The Morgan fingerprint density at radius 1 is 1.16 bits per heavy atom. The number of carboxylic acid groups (broad SMARTS) is 1. The van der Waals surface area contributed by atoms with E-state index in [-0.39, 0.29) is 6.42 Å². The Kier molecular flexibility index (Phi) is 5.46. The first-order valence-corrected chi connectivity index (χ1v) is 8.88. The molecule has 3 aromatic rings. The van der Waals surface area contributed by atoms with Crippen molar-refractivity contribution in [3.05, 3.63) is 59.1 Å². The molecule has 0 N–H and O–H groups in total. The van der Waals surface area contributed by atoms with E-state index < -0.39 is 5.97 Å². The summed E-state index contributed by atoms with van der Waals surface area (Å²) in [6.07, 6.45) is 3.28. The lowest BCUT2D eigenvalue weighted by Gasteiger charge is -2.06. The average molecular weight is 352 g/mol. The molecule has 4 nitrogen and oxygen atoms in total. The summed E-state index contributed by atoms with van der Waals surface area (Å²) in [7, 11) is 1.64. The zero-order valence-electron chi connectivity index (χ0n) is 13.9.